The molecule has 1 saturated heterocycles. The van der Waals surface area contributed by atoms with E-state index in [1.807, 2.05) is 25.7 Å². The van der Waals surface area contributed by atoms with Crippen LogP contribution in [-0.2, 0) is 14.3 Å². The Morgan fingerprint density at radius 3 is 2.45 bits per heavy atom. The number of rotatable bonds is 9. The van der Waals surface area contributed by atoms with Crippen LogP contribution in [0.3, 0.4) is 0 Å². The lowest BCUT2D eigenvalue weighted by atomic mass is 10.2. The predicted octanol–water partition coefficient (Wildman–Crippen LogP) is 0.862. The maximum absolute atomic E-state index is 11.9. The fraction of sp³-hybridized carbons (Fsp3) is 0.875. The van der Waals surface area contributed by atoms with Gasteiger partial charge in [-0.1, -0.05) is 6.92 Å². The largest absolute Gasteiger partial charge is 0.369 e. The Kier molecular flexibility index (Phi) is 9.08. The number of nitrogens with one attached hydrogen (secondary N) is 1. The van der Waals surface area contributed by atoms with Crippen LogP contribution in [0.1, 0.15) is 40.0 Å². The second kappa shape index (κ2) is 10.6. The van der Waals surface area contributed by atoms with Gasteiger partial charge < -0.3 is 15.0 Å². The number of carbonyl (C=O) groups is 2. The SMILES string of the molecule is CCCC(=O)NCCCN1CCN(C(=O)COC(C)C)CC1. The summed E-state index contributed by atoms with van der Waals surface area (Å²) in [7, 11) is 0. The Hall–Kier alpha value is -1.14. The molecule has 6 nitrogen and oxygen atoms in total. The predicted molar refractivity (Wildman–Crippen MR) is 86.6 cm³/mol. The van der Waals surface area contributed by atoms with Crippen molar-refractivity contribution in [2.45, 2.75) is 46.1 Å². The van der Waals surface area contributed by atoms with Gasteiger partial charge in [0.15, 0.2) is 0 Å². The highest BCUT2D eigenvalue weighted by atomic mass is 16.5. The zero-order valence-corrected chi connectivity index (χ0v) is 14.3. The Morgan fingerprint density at radius 2 is 1.86 bits per heavy atom. The van der Waals surface area contributed by atoms with Crippen molar-refractivity contribution < 1.29 is 14.3 Å². The van der Waals surface area contributed by atoms with Gasteiger partial charge >= 0.3 is 0 Å². The summed E-state index contributed by atoms with van der Waals surface area (Å²) < 4.78 is 5.36. The summed E-state index contributed by atoms with van der Waals surface area (Å²) in [5.41, 5.74) is 0. The molecule has 6 heteroatoms. The van der Waals surface area contributed by atoms with E-state index in [0.717, 1.165) is 52.1 Å². The van der Waals surface area contributed by atoms with Crippen LogP contribution in [0.4, 0.5) is 0 Å². The van der Waals surface area contributed by atoms with Crippen LogP contribution < -0.4 is 5.32 Å². The van der Waals surface area contributed by atoms with Gasteiger partial charge in [-0.2, -0.15) is 0 Å². The molecule has 1 N–H and O–H groups in total. The van der Waals surface area contributed by atoms with Crippen molar-refractivity contribution in [2.75, 3.05) is 45.9 Å². The molecule has 0 aromatic carbocycles. The molecule has 1 aliphatic rings. The zero-order chi connectivity index (χ0) is 16.4. The van der Waals surface area contributed by atoms with Crippen molar-refractivity contribution in [3.63, 3.8) is 0 Å². The first-order valence-electron chi connectivity index (χ1n) is 8.41. The van der Waals surface area contributed by atoms with Crippen LogP contribution in [0.25, 0.3) is 0 Å². The van der Waals surface area contributed by atoms with Gasteiger partial charge in [0.1, 0.15) is 6.61 Å². The van der Waals surface area contributed by atoms with Crippen LogP contribution in [0.2, 0.25) is 0 Å². The Bertz CT molecular complexity index is 340. The van der Waals surface area contributed by atoms with Gasteiger partial charge in [-0.25, -0.2) is 0 Å². The van der Waals surface area contributed by atoms with Crippen molar-refractivity contribution in [3.8, 4) is 0 Å². The van der Waals surface area contributed by atoms with E-state index >= 15 is 0 Å². The summed E-state index contributed by atoms with van der Waals surface area (Å²) >= 11 is 0. The van der Waals surface area contributed by atoms with Crippen LogP contribution >= 0.6 is 0 Å². The van der Waals surface area contributed by atoms with Gasteiger partial charge in [-0.3, -0.25) is 14.5 Å². The molecule has 0 saturated carbocycles. The lowest BCUT2D eigenvalue weighted by Gasteiger charge is -2.34. The molecule has 0 atom stereocenters. The molecule has 0 radical (unpaired) electrons. The number of hydrogen-bond donors (Lipinski definition) is 1. The van der Waals surface area contributed by atoms with Gasteiger partial charge in [-0.05, 0) is 33.2 Å². The summed E-state index contributed by atoms with van der Waals surface area (Å²) in [5.74, 6) is 0.225. The van der Waals surface area contributed by atoms with E-state index in [1.54, 1.807) is 0 Å². The highest BCUT2D eigenvalue weighted by molar-refractivity contribution is 5.77. The number of piperazine rings is 1. The highest BCUT2D eigenvalue weighted by Crippen LogP contribution is 2.04. The molecular formula is C16H31N3O3. The topological polar surface area (TPSA) is 61.9 Å². The van der Waals surface area contributed by atoms with Crippen LogP contribution in [0.5, 0.6) is 0 Å². The monoisotopic (exact) mass is 313 g/mol. The standard InChI is InChI=1S/C16H31N3O3/c1-4-6-15(20)17-7-5-8-18-9-11-19(12-10-18)16(21)13-22-14(2)3/h14H,4-13H2,1-3H3,(H,17,20). The maximum Gasteiger partial charge on any atom is 0.248 e. The third-order valence-corrected chi connectivity index (χ3v) is 3.72. The fourth-order valence-corrected chi connectivity index (χ4v) is 2.40. The van der Waals surface area contributed by atoms with E-state index in [0.29, 0.717) is 6.42 Å². The molecule has 0 aromatic heterocycles. The number of nitrogens with zero attached hydrogens (tertiary/aromatic N) is 2. The van der Waals surface area contributed by atoms with Crippen molar-refractivity contribution in [3.05, 3.63) is 0 Å². The smallest absolute Gasteiger partial charge is 0.248 e. The third-order valence-electron chi connectivity index (χ3n) is 3.72. The quantitative estimate of drug-likeness (QED) is 0.642. The highest BCUT2D eigenvalue weighted by Gasteiger charge is 2.20. The minimum Gasteiger partial charge on any atom is -0.369 e. The van der Waals surface area contributed by atoms with Crippen LogP contribution in [-0.4, -0.2) is 73.6 Å². The number of amides is 2. The second-order valence-corrected chi connectivity index (χ2v) is 6.04. The molecule has 1 heterocycles. The number of ether oxygens (including phenoxy) is 1. The van der Waals surface area contributed by atoms with Gasteiger partial charge in [0, 0.05) is 39.1 Å². The molecule has 22 heavy (non-hydrogen) atoms. The van der Waals surface area contributed by atoms with E-state index < -0.39 is 0 Å². The average Bonchev–Trinajstić information content (AvgIpc) is 2.50. The van der Waals surface area contributed by atoms with Gasteiger partial charge in [-0.15, -0.1) is 0 Å². The summed E-state index contributed by atoms with van der Waals surface area (Å²) in [5, 5.41) is 2.93. The Labute approximate surface area is 134 Å². The van der Waals surface area contributed by atoms with Gasteiger partial charge in [0.2, 0.25) is 11.8 Å². The minimum absolute atomic E-state index is 0.0835. The van der Waals surface area contributed by atoms with Gasteiger partial charge in [0.25, 0.3) is 0 Å². The summed E-state index contributed by atoms with van der Waals surface area (Å²) in [6.45, 7) is 11.1. The first-order chi connectivity index (χ1) is 10.5. The lowest BCUT2D eigenvalue weighted by molar-refractivity contribution is -0.139. The van der Waals surface area contributed by atoms with E-state index in [-0.39, 0.29) is 24.5 Å². The summed E-state index contributed by atoms with van der Waals surface area (Å²) in [6, 6.07) is 0. The lowest BCUT2D eigenvalue weighted by Crippen LogP contribution is -2.50. The molecule has 0 unspecified atom stereocenters. The normalized spacial score (nSPS) is 16.1. The molecule has 0 spiro atoms. The van der Waals surface area contributed by atoms with Crippen molar-refractivity contribution in [1.29, 1.82) is 0 Å². The molecule has 0 aromatic rings. The van der Waals surface area contributed by atoms with Crippen molar-refractivity contribution in [2.24, 2.45) is 0 Å². The minimum atomic E-state index is 0.0835. The molecule has 0 bridgehead atoms. The molecule has 0 aliphatic carbocycles. The molecule has 128 valence electrons. The summed E-state index contributed by atoms with van der Waals surface area (Å²) in [6.07, 6.45) is 2.55. The molecule has 2 amide bonds. The summed E-state index contributed by atoms with van der Waals surface area (Å²) in [4.78, 5) is 27.5. The van der Waals surface area contributed by atoms with Crippen molar-refractivity contribution >= 4 is 11.8 Å². The molecular weight excluding hydrogens is 282 g/mol. The third kappa shape index (κ3) is 7.75. The Morgan fingerprint density at radius 1 is 1.18 bits per heavy atom. The second-order valence-electron chi connectivity index (χ2n) is 6.04. The van der Waals surface area contributed by atoms with Crippen LogP contribution in [0, 0.1) is 0 Å². The van der Waals surface area contributed by atoms with Crippen molar-refractivity contribution in [1.82, 2.24) is 15.1 Å². The molecule has 1 aliphatic heterocycles. The zero-order valence-electron chi connectivity index (χ0n) is 14.3. The molecule has 1 rings (SSSR count). The molecule has 1 fully saturated rings. The van der Waals surface area contributed by atoms with E-state index in [9.17, 15) is 9.59 Å². The van der Waals surface area contributed by atoms with Crippen LogP contribution in [0.15, 0.2) is 0 Å². The average molecular weight is 313 g/mol. The maximum atomic E-state index is 11.9. The number of hydrogen-bond acceptors (Lipinski definition) is 4. The fourth-order valence-electron chi connectivity index (χ4n) is 2.40. The number of carbonyl (C=O) groups excluding carboxylic acids is 2. The van der Waals surface area contributed by atoms with E-state index in [1.165, 1.54) is 0 Å². The first-order valence-corrected chi connectivity index (χ1v) is 8.41. The Balaban J connectivity index is 2.09. The van der Waals surface area contributed by atoms with E-state index in [2.05, 4.69) is 10.2 Å². The first kappa shape index (κ1) is 18.9. The van der Waals surface area contributed by atoms with E-state index in [4.69, 9.17) is 4.74 Å². The van der Waals surface area contributed by atoms with Gasteiger partial charge in [0.05, 0.1) is 6.10 Å².